The van der Waals surface area contributed by atoms with Crippen LogP contribution in [-0.4, -0.2) is 49.8 Å². The van der Waals surface area contributed by atoms with Crippen LogP contribution in [0.1, 0.15) is 46.5 Å². The molecule has 0 aromatic heterocycles. The van der Waals surface area contributed by atoms with E-state index in [0.29, 0.717) is 13.0 Å². The molecular formula is C21H34N2O3. The van der Waals surface area contributed by atoms with E-state index >= 15 is 0 Å². The van der Waals surface area contributed by atoms with Crippen molar-refractivity contribution in [3.63, 3.8) is 0 Å². The van der Waals surface area contributed by atoms with Gasteiger partial charge in [-0.25, -0.2) is 0 Å². The Morgan fingerprint density at radius 3 is 2.50 bits per heavy atom. The van der Waals surface area contributed by atoms with E-state index in [1.807, 2.05) is 38.1 Å². The Morgan fingerprint density at radius 1 is 1.27 bits per heavy atom. The normalized spacial score (nSPS) is 18.3. The molecule has 0 saturated carbocycles. The number of amides is 1. The van der Waals surface area contributed by atoms with Crippen LogP contribution in [0.4, 0.5) is 5.69 Å². The summed E-state index contributed by atoms with van der Waals surface area (Å²) in [6, 6.07) is 7.55. The molecule has 1 atom stereocenters. The molecule has 1 aromatic carbocycles. The number of hydrogen-bond acceptors (Lipinski definition) is 4. The summed E-state index contributed by atoms with van der Waals surface area (Å²) in [4.78, 5) is 14.9. The fraction of sp³-hybridized carbons (Fsp3) is 0.667. The van der Waals surface area contributed by atoms with Crippen molar-refractivity contribution in [2.75, 3.05) is 38.7 Å². The molecule has 1 amide bonds. The van der Waals surface area contributed by atoms with Crippen LogP contribution in [0.25, 0.3) is 0 Å². The summed E-state index contributed by atoms with van der Waals surface area (Å²) in [6.45, 7) is 10.2. The highest BCUT2D eigenvalue weighted by molar-refractivity contribution is 5.97. The molecule has 1 heterocycles. The molecule has 0 spiro atoms. The number of anilines is 1. The minimum atomic E-state index is -0.796. The Kier molecular flexibility index (Phi) is 7.91. The lowest BCUT2D eigenvalue weighted by Crippen LogP contribution is -2.41. The molecule has 1 aromatic rings. The summed E-state index contributed by atoms with van der Waals surface area (Å²) < 4.78 is 11.3. The van der Waals surface area contributed by atoms with Crippen molar-refractivity contribution in [1.82, 2.24) is 4.90 Å². The molecule has 2 rings (SSSR count). The molecule has 5 nitrogen and oxygen atoms in total. The second-order valence-corrected chi connectivity index (χ2v) is 7.54. The lowest BCUT2D eigenvalue weighted by Gasteiger charge is -2.29. The van der Waals surface area contributed by atoms with E-state index in [1.165, 1.54) is 25.9 Å². The lowest BCUT2D eigenvalue weighted by molar-refractivity contribution is -0.136. The molecule has 26 heavy (non-hydrogen) atoms. The summed E-state index contributed by atoms with van der Waals surface area (Å²) >= 11 is 0. The van der Waals surface area contributed by atoms with Gasteiger partial charge in [0.15, 0.2) is 0 Å². The first-order valence-electron chi connectivity index (χ1n) is 9.78. The molecule has 0 aliphatic carbocycles. The number of rotatable bonds is 9. The third-order valence-corrected chi connectivity index (χ3v) is 5.32. The Labute approximate surface area is 158 Å². The van der Waals surface area contributed by atoms with Gasteiger partial charge in [0.2, 0.25) is 0 Å². The third kappa shape index (κ3) is 5.99. The smallest absolute Gasteiger partial charge is 0.256 e. The van der Waals surface area contributed by atoms with Crippen molar-refractivity contribution in [3.8, 4) is 5.75 Å². The number of ether oxygens (including phenoxy) is 2. The second-order valence-electron chi connectivity index (χ2n) is 7.54. The van der Waals surface area contributed by atoms with Gasteiger partial charge >= 0.3 is 0 Å². The average molecular weight is 363 g/mol. The standard InChI is InChI=1S/C21H34N2O3/c1-5-12-21(3,25-4)20(24)22-18-6-8-19(9-7-18)26-16-15-23-13-10-17(2)11-14-23/h6-9,17H,5,10-16H2,1-4H3,(H,22,24). The van der Waals surface area contributed by atoms with Crippen LogP contribution in [0.15, 0.2) is 24.3 Å². The first-order valence-corrected chi connectivity index (χ1v) is 9.78. The zero-order valence-corrected chi connectivity index (χ0v) is 16.7. The molecule has 1 fully saturated rings. The Bertz CT molecular complexity index is 553. The fourth-order valence-electron chi connectivity index (χ4n) is 3.26. The van der Waals surface area contributed by atoms with Gasteiger partial charge in [0.05, 0.1) is 0 Å². The number of carbonyl (C=O) groups excluding carboxylic acids is 1. The molecule has 1 aliphatic heterocycles. The minimum Gasteiger partial charge on any atom is -0.492 e. The van der Waals surface area contributed by atoms with Gasteiger partial charge < -0.3 is 14.8 Å². The zero-order chi connectivity index (χ0) is 19.0. The molecule has 1 aliphatic rings. The Hall–Kier alpha value is -1.59. The van der Waals surface area contributed by atoms with Crippen LogP contribution in [0.5, 0.6) is 5.75 Å². The molecular weight excluding hydrogens is 328 g/mol. The molecule has 5 heteroatoms. The first kappa shape index (κ1) is 20.7. The topological polar surface area (TPSA) is 50.8 Å². The van der Waals surface area contributed by atoms with Crippen molar-refractivity contribution in [2.24, 2.45) is 5.92 Å². The van der Waals surface area contributed by atoms with Gasteiger partial charge in [-0.1, -0.05) is 20.3 Å². The number of piperidine rings is 1. The Balaban J connectivity index is 1.78. The van der Waals surface area contributed by atoms with E-state index in [4.69, 9.17) is 9.47 Å². The van der Waals surface area contributed by atoms with E-state index in [0.717, 1.165) is 30.3 Å². The third-order valence-electron chi connectivity index (χ3n) is 5.32. The maximum Gasteiger partial charge on any atom is 0.256 e. The van der Waals surface area contributed by atoms with Gasteiger partial charge in [-0.05, 0) is 69.5 Å². The number of hydrogen-bond donors (Lipinski definition) is 1. The van der Waals surface area contributed by atoms with E-state index in [-0.39, 0.29) is 5.91 Å². The van der Waals surface area contributed by atoms with E-state index in [1.54, 1.807) is 7.11 Å². The summed E-state index contributed by atoms with van der Waals surface area (Å²) in [5.74, 6) is 1.57. The lowest BCUT2D eigenvalue weighted by atomic mass is 9.99. The largest absolute Gasteiger partial charge is 0.492 e. The van der Waals surface area contributed by atoms with Crippen molar-refractivity contribution >= 4 is 11.6 Å². The van der Waals surface area contributed by atoms with Crippen molar-refractivity contribution in [1.29, 1.82) is 0 Å². The first-order chi connectivity index (χ1) is 12.5. The summed E-state index contributed by atoms with van der Waals surface area (Å²) in [6.07, 6.45) is 4.14. The van der Waals surface area contributed by atoms with Crippen LogP contribution in [-0.2, 0) is 9.53 Å². The highest BCUT2D eigenvalue weighted by Crippen LogP contribution is 2.21. The minimum absolute atomic E-state index is 0.116. The molecule has 1 saturated heterocycles. The van der Waals surface area contributed by atoms with Crippen molar-refractivity contribution in [2.45, 2.75) is 52.1 Å². The highest BCUT2D eigenvalue weighted by Gasteiger charge is 2.32. The number of nitrogens with zero attached hydrogens (tertiary/aromatic N) is 1. The monoisotopic (exact) mass is 362 g/mol. The molecule has 1 N–H and O–H groups in total. The molecule has 1 unspecified atom stereocenters. The maximum atomic E-state index is 12.4. The molecule has 146 valence electrons. The van der Waals surface area contributed by atoms with Gasteiger partial charge in [-0.15, -0.1) is 0 Å². The highest BCUT2D eigenvalue weighted by atomic mass is 16.5. The van der Waals surface area contributed by atoms with E-state index in [9.17, 15) is 4.79 Å². The van der Waals surface area contributed by atoms with Gasteiger partial charge in [0.1, 0.15) is 18.0 Å². The van der Waals surface area contributed by atoms with Gasteiger partial charge in [-0.2, -0.15) is 0 Å². The summed E-state index contributed by atoms with van der Waals surface area (Å²) in [7, 11) is 1.58. The van der Waals surface area contributed by atoms with Crippen molar-refractivity contribution < 1.29 is 14.3 Å². The van der Waals surface area contributed by atoms with Crippen molar-refractivity contribution in [3.05, 3.63) is 24.3 Å². The van der Waals surface area contributed by atoms with E-state index in [2.05, 4.69) is 17.1 Å². The number of methoxy groups -OCH3 is 1. The zero-order valence-electron chi connectivity index (χ0n) is 16.7. The second kappa shape index (κ2) is 9.93. The van der Waals surface area contributed by atoms with Gasteiger partial charge in [-0.3, -0.25) is 9.69 Å². The number of carbonyl (C=O) groups is 1. The SMILES string of the molecule is CCCC(C)(OC)C(=O)Nc1ccc(OCCN2CCC(C)CC2)cc1. The summed E-state index contributed by atoms with van der Waals surface area (Å²) in [5, 5.41) is 2.93. The number of likely N-dealkylation sites (tertiary alicyclic amines) is 1. The average Bonchev–Trinajstić information content (AvgIpc) is 2.65. The van der Waals surface area contributed by atoms with Gasteiger partial charge in [0, 0.05) is 19.3 Å². The van der Waals surface area contributed by atoms with Crippen LogP contribution in [0.3, 0.4) is 0 Å². The van der Waals surface area contributed by atoms with Crippen LogP contribution < -0.4 is 10.1 Å². The summed E-state index contributed by atoms with van der Waals surface area (Å²) in [5.41, 5.74) is -0.0395. The fourth-order valence-corrected chi connectivity index (χ4v) is 3.26. The molecule has 0 bridgehead atoms. The predicted octanol–water partition coefficient (Wildman–Crippen LogP) is 3.94. The van der Waals surface area contributed by atoms with E-state index < -0.39 is 5.60 Å². The Morgan fingerprint density at radius 2 is 1.92 bits per heavy atom. The number of benzene rings is 1. The van der Waals surface area contributed by atoms with Crippen LogP contribution >= 0.6 is 0 Å². The molecule has 0 radical (unpaired) electrons. The van der Waals surface area contributed by atoms with Gasteiger partial charge in [0.25, 0.3) is 5.91 Å². The van der Waals surface area contributed by atoms with Crippen LogP contribution in [0, 0.1) is 5.92 Å². The number of nitrogens with one attached hydrogen (secondary N) is 1. The van der Waals surface area contributed by atoms with Crippen LogP contribution in [0.2, 0.25) is 0 Å². The quantitative estimate of drug-likeness (QED) is 0.723. The maximum absolute atomic E-state index is 12.4. The predicted molar refractivity (Wildman–Crippen MR) is 106 cm³/mol.